The van der Waals surface area contributed by atoms with Crippen molar-refractivity contribution in [3.63, 3.8) is 0 Å². The van der Waals surface area contributed by atoms with E-state index >= 15 is 0 Å². The highest BCUT2D eigenvalue weighted by molar-refractivity contribution is 8.09. The summed E-state index contributed by atoms with van der Waals surface area (Å²) in [5.74, 6) is 0.950. The number of hydrogen-bond donors (Lipinski definition) is 1. The van der Waals surface area contributed by atoms with E-state index < -0.39 is 11.5 Å². The quantitative estimate of drug-likeness (QED) is 0.196. The Balaban J connectivity index is 3.55. The lowest BCUT2D eigenvalue weighted by molar-refractivity contribution is -0.136. The van der Waals surface area contributed by atoms with E-state index in [1.165, 1.54) is 64.2 Å². The molecule has 0 rings (SSSR count). The lowest BCUT2D eigenvalue weighted by atomic mass is 10.0. The van der Waals surface area contributed by atoms with Crippen LogP contribution in [0.15, 0.2) is 0 Å². The average molecular weight is 405 g/mol. The molecule has 0 atom stereocenters. The number of unbranched alkanes of at least 4 members (excludes halogenated alkanes) is 10. The van der Waals surface area contributed by atoms with Crippen LogP contribution in [0.1, 0.15) is 118 Å². The molecule has 0 N–H and O–H groups in total. The first-order valence-corrected chi connectivity index (χ1v) is 12.5. The highest BCUT2D eigenvalue weighted by atomic mass is 32.2. The second kappa shape index (κ2) is 18.6. The third-order valence-corrected chi connectivity index (χ3v) is 6.10. The van der Waals surface area contributed by atoms with Crippen LogP contribution in [0.4, 0.5) is 0 Å². The van der Waals surface area contributed by atoms with Crippen molar-refractivity contribution in [2.24, 2.45) is 5.92 Å². The summed E-state index contributed by atoms with van der Waals surface area (Å²) in [6, 6.07) is 0. The van der Waals surface area contributed by atoms with Gasteiger partial charge in [-0.3, -0.25) is 9.59 Å². The average Bonchev–Trinajstić information content (AvgIpc) is 2.64. The highest BCUT2D eigenvalue weighted by Crippen LogP contribution is 2.31. The summed E-state index contributed by atoms with van der Waals surface area (Å²) in [7, 11) is 0. The van der Waals surface area contributed by atoms with E-state index in [1.54, 1.807) is 13.8 Å². The molecule has 0 amide bonds. The molecular weight excluding hydrogens is 360 g/mol. The standard InChI is InChI=1S/C22H44O4S/c1-5-21(23)25-27(26-22(24)6-2)19-17-15-13-11-9-7-8-10-12-14-16-18-20(3)4/h20,27H,5-19H2,1-4H3. The van der Waals surface area contributed by atoms with Crippen LogP contribution in [-0.4, -0.2) is 17.7 Å². The summed E-state index contributed by atoms with van der Waals surface area (Å²) in [4.78, 5) is 22.9. The van der Waals surface area contributed by atoms with Crippen molar-refractivity contribution < 1.29 is 18.0 Å². The molecule has 0 aliphatic carbocycles. The van der Waals surface area contributed by atoms with Crippen molar-refractivity contribution >= 4 is 23.4 Å². The Kier molecular flexibility index (Phi) is 18.2. The van der Waals surface area contributed by atoms with Gasteiger partial charge in [0.25, 0.3) is 0 Å². The fourth-order valence-electron chi connectivity index (χ4n) is 2.85. The minimum absolute atomic E-state index is 0.283. The summed E-state index contributed by atoms with van der Waals surface area (Å²) >= 11 is -1.39. The molecule has 0 unspecified atom stereocenters. The SMILES string of the molecule is CCC(=O)O[SH](CCCCCCCCCCCCCC(C)C)OC(=O)CC. The molecule has 4 nitrogen and oxygen atoms in total. The van der Waals surface area contributed by atoms with E-state index in [9.17, 15) is 9.59 Å². The van der Waals surface area contributed by atoms with Gasteiger partial charge in [0.15, 0.2) is 0 Å². The second-order valence-electron chi connectivity index (χ2n) is 7.76. The molecule has 27 heavy (non-hydrogen) atoms. The topological polar surface area (TPSA) is 52.6 Å². The molecule has 5 heteroatoms. The maximum Gasteiger partial charge on any atom is 0.328 e. The van der Waals surface area contributed by atoms with E-state index in [-0.39, 0.29) is 11.9 Å². The van der Waals surface area contributed by atoms with Crippen LogP contribution in [0, 0.1) is 5.92 Å². The van der Waals surface area contributed by atoms with Crippen molar-refractivity contribution in [2.45, 2.75) is 118 Å². The van der Waals surface area contributed by atoms with Crippen LogP contribution < -0.4 is 0 Å². The molecule has 0 aliphatic heterocycles. The summed E-state index contributed by atoms with van der Waals surface area (Å²) in [6.07, 6.45) is 16.2. The van der Waals surface area contributed by atoms with Crippen LogP contribution in [-0.2, 0) is 18.0 Å². The van der Waals surface area contributed by atoms with Crippen molar-refractivity contribution in [1.29, 1.82) is 0 Å². The second-order valence-corrected chi connectivity index (χ2v) is 9.24. The number of rotatable bonds is 18. The van der Waals surface area contributed by atoms with Gasteiger partial charge in [0.05, 0.1) is 5.75 Å². The molecule has 0 saturated carbocycles. The lowest BCUT2D eigenvalue weighted by Gasteiger charge is -2.24. The first kappa shape index (κ1) is 26.3. The lowest BCUT2D eigenvalue weighted by Crippen LogP contribution is -2.09. The zero-order chi connectivity index (χ0) is 20.3. The molecule has 0 fully saturated rings. The van der Waals surface area contributed by atoms with Crippen LogP contribution >= 0.6 is 11.5 Å². The van der Waals surface area contributed by atoms with Gasteiger partial charge in [0, 0.05) is 12.8 Å². The summed E-state index contributed by atoms with van der Waals surface area (Å²) in [6.45, 7) is 8.11. The smallest absolute Gasteiger partial charge is 0.328 e. The molecule has 0 aromatic carbocycles. The number of hydrogen-bond acceptors (Lipinski definition) is 4. The summed E-state index contributed by atoms with van der Waals surface area (Å²) < 4.78 is 10.5. The molecule has 0 aliphatic rings. The molecular formula is C22H44O4S. The molecule has 162 valence electrons. The number of carbonyl (C=O) groups is 2. The van der Waals surface area contributed by atoms with Crippen molar-refractivity contribution in [3.8, 4) is 0 Å². The van der Waals surface area contributed by atoms with Gasteiger partial charge in [-0.05, 0) is 12.3 Å². The first-order chi connectivity index (χ1) is 13.0. The van der Waals surface area contributed by atoms with E-state index in [0.717, 1.165) is 18.8 Å². The minimum Gasteiger partial charge on any atom is -0.347 e. The van der Waals surface area contributed by atoms with Crippen LogP contribution in [0.3, 0.4) is 0 Å². The van der Waals surface area contributed by atoms with Crippen molar-refractivity contribution in [3.05, 3.63) is 0 Å². The minimum atomic E-state index is -1.39. The van der Waals surface area contributed by atoms with Gasteiger partial charge in [0.2, 0.25) is 0 Å². The Morgan fingerprint density at radius 3 is 1.41 bits per heavy atom. The van der Waals surface area contributed by atoms with E-state index in [4.69, 9.17) is 8.37 Å². The van der Waals surface area contributed by atoms with Crippen molar-refractivity contribution in [2.75, 3.05) is 5.75 Å². The zero-order valence-electron chi connectivity index (χ0n) is 18.3. The third-order valence-electron chi connectivity index (χ3n) is 4.61. The number of thiol groups is 1. The summed E-state index contributed by atoms with van der Waals surface area (Å²) in [5.41, 5.74) is 0. The van der Waals surface area contributed by atoms with Gasteiger partial charge >= 0.3 is 11.9 Å². The maximum absolute atomic E-state index is 11.4. The fourth-order valence-corrected chi connectivity index (χ4v) is 4.26. The molecule has 0 saturated heterocycles. The zero-order valence-corrected chi connectivity index (χ0v) is 19.2. The Bertz CT molecular complexity index is 353. The Morgan fingerprint density at radius 1 is 0.667 bits per heavy atom. The largest absolute Gasteiger partial charge is 0.347 e. The van der Waals surface area contributed by atoms with Gasteiger partial charge < -0.3 is 8.37 Å². The van der Waals surface area contributed by atoms with E-state index in [1.807, 2.05) is 0 Å². The van der Waals surface area contributed by atoms with Crippen LogP contribution in [0.2, 0.25) is 0 Å². The molecule has 0 aromatic rings. The third kappa shape index (κ3) is 18.4. The van der Waals surface area contributed by atoms with E-state index in [2.05, 4.69) is 13.8 Å². The molecule has 0 spiro atoms. The van der Waals surface area contributed by atoms with Gasteiger partial charge in [-0.1, -0.05) is 98.3 Å². The predicted octanol–water partition coefficient (Wildman–Crippen LogP) is 7.06. The summed E-state index contributed by atoms with van der Waals surface area (Å²) in [5, 5.41) is 0. The van der Waals surface area contributed by atoms with E-state index in [0.29, 0.717) is 18.6 Å². The van der Waals surface area contributed by atoms with Gasteiger partial charge in [-0.15, -0.1) is 11.5 Å². The monoisotopic (exact) mass is 404 g/mol. The normalized spacial score (nSPS) is 11.5. The van der Waals surface area contributed by atoms with Gasteiger partial charge in [-0.2, -0.15) is 0 Å². The van der Waals surface area contributed by atoms with Crippen LogP contribution in [0.5, 0.6) is 0 Å². The first-order valence-electron chi connectivity index (χ1n) is 11.2. The van der Waals surface area contributed by atoms with Crippen molar-refractivity contribution in [1.82, 2.24) is 0 Å². The molecule has 0 heterocycles. The predicted molar refractivity (Wildman–Crippen MR) is 117 cm³/mol. The van der Waals surface area contributed by atoms with Gasteiger partial charge in [-0.25, -0.2) is 0 Å². The Morgan fingerprint density at radius 2 is 1.04 bits per heavy atom. The fraction of sp³-hybridized carbons (Fsp3) is 0.909. The highest BCUT2D eigenvalue weighted by Gasteiger charge is 2.11. The molecule has 0 aromatic heterocycles. The Hall–Kier alpha value is -0.710. The molecule has 0 bridgehead atoms. The maximum atomic E-state index is 11.4. The Labute approximate surface area is 170 Å². The van der Waals surface area contributed by atoms with Gasteiger partial charge in [0.1, 0.15) is 0 Å². The van der Waals surface area contributed by atoms with Crippen LogP contribution in [0.25, 0.3) is 0 Å². The molecule has 0 radical (unpaired) electrons. The number of carbonyl (C=O) groups excluding carboxylic acids is 2.